The largest absolute Gasteiger partial charge is 0.321 e. The predicted octanol–water partition coefficient (Wildman–Crippen LogP) is 1.37. The van der Waals surface area contributed by atoms with E-state index in [0.29, 0.717) is 11.1 Å². The molecule has 0 aliphatic rings. The summed E-state index contributed by atoms with van der Waals surface area (Å²) in [4.78, 5) is 24.0. The van der Waals surface area contributed by atoms with Crippen LogP contribution in [0.25, 0.3) is 0 Å². The SMILES string of the molecule is Cc1ccc(S(=O)(=O)S(=O)(=O)C(=O)C(Cl)C(=O)C(N)Cc2ccccc2)cc1. The first-order chi connectivity index (χ1) is 13.0. The Balaban J connectivity index is 2.24. The summed E-state index contributed by atoms with van der Waals surface area (Å²) < 4.78 is 49.5. The molecule has 0 aromatic heterocycles. The van der Waals surface area contributed by atoms with Crippen LogP contribution in [0.4, 0.5) is 0 Å². The normalized spacial score (nSPS) is 14.2. The molecule has 0 aliphatic carbocycles. The average Bonchev–Trinajstić information content (AvgIpc) is 2.67. The van der Waals surface area contributed by atoms with Crippen LogP contribution in [-0.4, -0.2) is 39.2 Å². The van der Waals surface area contributed by atoms with Crippen LogP contribution in [0.1, 0.15) is 11.1 Å². The average molecular weight is 444 g/mol. The van der Waals surface area contributed by atoms with Crippen molar-refractivity contribution in [2.45, 2.75) is 29.7 Å². The fraction of sp³-hybridized carbons (Fsp3) is 0.222. The molecule has 0 bridgehead atoms. The first kappa shape index (κ1) is 22.2. The summed E-state index contributed by atoms with van der Waals surface area (Å²) in [6, 6.07) is 12.2. The number of hydrogen-bond acceptors (Lipinski definition) is 7. The van der Waals surface area contributed by atoms with E-state index in [-0.39, 0.29) is 6.42 Å². The summed E-state index contributed by atoms with van der Waals surface area (Å²) in [7, 11) is -10.5. The molecule has 0 radical (unpaired) electrons. The molecular formula is C18H18ClNO6S2. The van der Waals surface area contributed by atoms with Crippen LogP contribution in [0.15, 0.2) is 59.5 Å². The number of carbonyl (C=O) groups excluding carboxylic acids is 2. The fourth-order valence-corrected chi connectivity index (χ4v) is 6.35. The summed E-state index contributed by atoms with van der Waals surface area (Å²) in [6.45, 7) is 1.68. The standard InChI is InChI=1S/C18H18ClNO6S2/c1-12-7-9-14(10-8-12)27(23,24)28(25,26)18(22)16(19)17(21)15(20)11-13-5-3-2-4-6-13/h2-10,15-16H,11,20H2,1H3. The molecule has 2 N–H and O–H groups in total. The van der Waals surface area contributed by atoms with Gasteiger partial charge in [0.1, 0.15) is 0 Å². The van der Waals surface area contributed by atoms with Crippen molar-refractivity contribution >= 4 is 40.2 Å². The Morgan fingerprint density at radius 3 is 2.04 bits per heavy atom. The second-order valence-electron chi connectivity index (χ2n) is 6.10. The highest BCUT2D eigenvalue weighted by Gasteiger charge is 2.45. The Morgan fingerprint density at radius 1 is 0.964 bits per heavy atom. The van der Waals surface area contributed by atoms with Gasteiger partial charge >= 0.3 is 8.87 Å². The number of carbonyl (C=O) groups is 2. The lowest BCUT2D eigenvalue weighted by Crippen LogP contribution is -2.44. The van der Waals surface area contributed by atoms with E-state index in [1.165, 1.54) is 12.1 Å². The van der Waals surface area contributed by atoms with Crippen molar-refractivity contribution < 1.29 is 26.4 Å². The Bertz CT molecular complexity index is 1080. The van der Waals surface area contributed by atoms with Crippen LogP contribution in [0.2, 0.25) is 0 Å². The maximum absolute atomic E-state index is 12.4. The van der Waals surface area contributed by atoms with Gasteiger partial charge < -0.3 is 5.73 Å². The van der Waals surface area contributed by atoms with Crippen molar-refractivity contribution in [2.75, 3.05) is 0 Å². The van der Waals surface area contributed by atoms with Gasteiger partial charge in [0.15, 0.2) is 11.2 Å². The van der Waals surface area contributed by atoms with Crippen molar-refractivity contribution in [3.8, 4) is 0 Å². The number of nitrogens with two attached hydrogens (primary N) is 1. The summed E-state index contributed by atoms with van der Waals surface area (Å²) in [5.41, 5.74) is 7.11. The van der Waals surface area contributed by atoms with Gasteiger partial charge in [-0.05, 0) is 31.0 Å². The summed E-state index contributed by atoms with van der Waals surface area (Å²) >= 11 is 5.72. The highest BCUT2D eigenvalue weighted by Crippen LogP contribution is 2.22. The van der Waals surface area contributed by atoms with Crippen LogP contribution >= 0.6 is 11.6 Å². The van der Waals surface area contributed by atoms with Crippen LogP contribution in [0.3, 0.4) is 0 Å². The predicted molar refractivity (Wildman–Crippen MR) is 105 cm³/mol. The van der Waals surface area contributed by atoms with Gasteiger partial charge in [0.25, 0.3) is 14.0 Å². The van der Waals surface area contributed by atoms with E-state index < -0.39 is 45.0 Å². The quantitative estimate of drug-likeness (QED) is 0.388. The zero-order valence-corrected chi connectivity index (χ0v) is 17.2. The molecule has 2 atom stereocenters. The lowest BCUT2D eigenvalue weighted by molar-refractivity contribution is -0.124. The van der Waals surface area contributed by atoms with Gasteiger partial charge in [-0.1, -0.05) is 48.0 Å². The maximum atomic E-state index is 12.4. The van der Waals surface area contributed by atoms with E-state index in [4.69, 9.17) is 17.3 Å². The minimum atomic E-state index is -5.43. The van der Waals surface area contributed by atoms with Gasteiger partial charge in [-0.15, -0.1) is 11.6 Å². The lowest BCUT2D eigenvalue weighted by atomic mass is 10.0. The Morgan fingerprint density at radius 2 is 1.50 bits per heavy atom. The maximum Gasteiger partial charge on any atom is 0.321 e. The van der Waals surface area contributed by atoms with Crippen LogP contribution in [-0.2, 0) is 33.7 Å². The number of aryl methyl sites for hydroxylation is 1. The van der Waals surface area contributed by atoms with Crippen LogP contribution in [0.5, 0.6) is 0 Å². The van der Waals surface area contributed by atoms with Crippen molar-refractivity contribution in [3.63, 3.8) is 0 Å². The van der Waals surface area contributed by atoms with Crippen molar-refractivity contribution in [3.05, 3.63) is 65.7 Å². The fourth-order valence-electron chi connectivity index (χ4n) is 2.34. The molecule has 10 heteroatoms. The molecule has 28 heavy (non-hydrogen) atoms. The second kappa shape index (κ2) is 8.52. The minimum absolute atomic E-state index is 0.0148. The zero-order chi connectivity index (χ0) is 21.1. The number of Topliss-reactive ketones (excluding diaryl/α,β-unsaturated/α-hetero) is 1. The third-order valence-electron chi connectivity index (χ3n) is 3.97. The second-order valence-corrected chi connectivity index (χ2v) is 11.9. The topological polar surface area (TPSA) is 128 Å². The Labute approximate surface area is 167 Å². The van der Waals surface area contributed by atoms with E-state index in [0.717, 1.165) is 12.1 Å². The Hall–Kier alpha value is -2.07. The number of ketones is 1. The third kappa shape index (κ3) is 4.49. The van der Waals surface area contributed by atoms with E-state index in [2.05, 4.69) is 0 Å². The minimum Gasteiger partial charge on any atom is -0.321 e. The highest BCUT2D eigenvalue weighted by atomic mass is 35.5. The number of benzene rings is 2. The number of hydrogen-bond donors (Lipinski definition) is 1. The van der Waals surface area contributed by atoms with Gasteiger partial charge in [0, 0.05) is 0 Å². The van der Waals surface area contributed by atoms with Gasteiger partial charge in [-0.2, -0.15) is 0 Å². The molecule has 2 rings (SSSR count). The van der Waals surface area contributed by atoms with Crippen molar-refractivity contribution in [1.82, 2.24) is 0 Å². The molecule has 0 aliphatic heterocycles. The van der Waals surface area contributed by atoms with Crippen molar-refractivity contribution in [1.29, 1.82) is 0 Å². The third-order valence-corrected chi connectivity index (χ3v) is 9.47. The van der Waals surface area contributed by atoms with Crippen LogP contribution in [0, 0.1) is 6.92 Å². The highest BCUT2D eigenvalue weighted by molar-refractivity contribution is 8.72. The van der Waals surface area contributed by atoms with E-state index >= 15 is 0 Å². The smallest absolute Gasteiger partial charge is 0.321 e. The van der Waals surface area contributed by atoms with E-state index in [1.807, 2.05) is 0 Å². The monoisotopic (exact) mass is 443 g/mol. The molecule has 2 aromatic carbocycles. The molecule has 0 amide bonds. The van der Waals surface area contributed by atoms with Gasteiger partial charge in [-0.25, -0.2) is 16.8 Å². The number of halogens is 1. The van der Waals surface area contributed by atoms with E-state index in [9.17, 15) is 26.4 Å². The zero-order valence-electron chi connectivity index (χ0n) is 14.8. The van der Waals surface area contributed by atoms with E-state index in [1.54, 1.807) is 37.3 Å². The first-order valence-corrected chi connectivity index (χ1v) is 12.0. The molecule has 2 aromatic rings. The lowest BCUT2D eigenvalue weighted by Gasteiger charge is -2.14. The summed E-state index contributed by atoms with van der Waals surface area (Å²) in [5, 5.41) is -4.15. The number of alkyl halides is 1. The molecular weight excluding hydrogens is 426 g/mol. The van der Waals surface area contributed by atoms with Crippen molar-refractivity contribution in [2.24, 2.45) is 5.73 Å². The number of rotatable bonds is 7. The molecule has 0 fully saturated rings. The molecule has 0 heterocycles. The molecule has 150 valence electrons. The molecule has 0 saturated heterocycles. The molecule has 2 unspecified atom stereocenters. The van der Waals surface area contributed by atoms with Crippen LogP contribution < -0.4 is 5.73 Å². The molecule has 0 spiro atoms. The molecule has 7 nitrogen and oxygen atoms in total. The van der Waals surface area contributed by atoms with Gasteiger partial charge in [0.2, 0.25) is 0 Å². The first-order valence-electron chi connectivity index (χ1n) is 8.06. The van der Waals surface area contributed by atoms with Gasteiger partial charge in [0.05, 0.1) is 10.9 Å². The summed E-state index contributed by atoms with van der Waals surface area (Å²) in [6.07, 6.45) is 0.0148. The molecule has 0 saturated carbocycles. The van der Waals surface area contributed by atoms with Gasteiger partial charge in [-0.3, -0.25) is 9.59 Å². The Kier molecular flexibility index (Phi) is 6.76. The summed E-state index contributed by atoms with van der Waals surface area (Å²) in [5.74, 6) is -1.07.